The van der Waals surface area contributed by atoms with Gasteiger partial charge in [0.2, 0.25) is 5.91 Å². The molecular formula is C13H17Cl2N3O. The number of hydrogen-bond donors (Lipinski definition) is 2. The Kier molecular flexibility index (Phi) is 5.02. The molecule has 1 heterocycles. The molecule has 0 radical (unpaired) electrons. The fraction of sp³-hybridized carbons (Fsp3) is 0.538. The first kappa shape index (κ1) is 14.6. The van der Waals surface area contributed by atoms with E-state index in [0.29, 0.717) is 23.4 Å². The van der Waals surface area contributed by atoms with Crippen molar-refractivity contribution in [2.45, 2.75) is 38.6 Å². The number of halogens is 2. The first-order chi connectivity index (χ1) is 9.06. The maximum absolute atomic E-state index is 11.9. The number of hydrogen-bond acceptors (Lipinski definition) is 3. The van der Waals surface area contributed by atoms with Crippen molar-refractivity contribution in [3.05, 3.63) is 21.9 Å². The second-order valence-corrected chi connectivity index (χ2v) is 5.58. The number of pyridine rings is 1. The number of amides is 1. The van der Waals surface area contributed by atoms with Gasteiger partial charge in [-0.05, 0) is 31.4 Å². The van der Waals surface area contributed by atoms with Crippen LogP contribution in [0.25, 0.3) is 0 Å². The highest BCUT2D eigenvalue weighted by Crippen LogP contribution is 2.26. The lowest BCUT2D eigenvalue weighted by Gasteiger charge is -2.13. The fourth-order valence-electron chi connectivity index (χ4n) is 2.30. The van der Waals surface area contributed by atoms with Crippen LogP contribution in [-0.2, 0) is 4.79 Å². The molecule has 104 valence electrons. The quantitative estimate of drug-likeness (QED) is 0.840. The molecule has 1 saturated carbocycles. The molecule has 1 aliphatic carbocycles. The Morgan fingerprint density at radius 2 is 2.11 bits per heavy atom. The van der Waals surface area contributed by atoms with Gasteiger partial charge in [0.05, 0.1) is 12.2 Å². The van der Waals surface area contributed by atoms with E-state index >= 15 is 0 Å². The third-order valence-electron chi connectivity index (χ3n) is 3.31. The number of nitrogens with zero attached hydrogens (tertiary/aromatic N) is 1. The van der Waals surface area contributed by atoms with Gasteiger partial charge in [0.15, 0.2) is 5.15 Å². The van der Waals surface area contributed by atoms with Crippen molar-refractivity contribution in [3.8, 4) is 0 Å². The molecule has 0 atom stereocenters. The van der Waals surface area contributed by atoms with Crippen LogP contribution in [0.5, 0.6) is 0 Å². The summed E-state index contributed by atoms with van der Waals surface area (Å²) in [6.07, 6.45) is 4.78. The summed E-state index contributed by atoms with van der Waals surface area (Å²) < 4.78 is 0. The summed E-state index contributed by atoms with van der Waals surface area (Å²) in [4.78, 5) is 15.8. The summed E-state index contributed by atoms with van der Waals surface area (Å²) in [7, 11) is 0. The normalized spacial score (nSPS) is 15.7. The summed E-state index contributed by atoms with van der Waals surface area (Å²) in [6.45, 7) is 2.13. The van der Waals surface area contributed by atoms with E-state index in [2.05, 4.69) is 15.6 Å². The van der Waals surface area contributed by atoms with E-state index in [1.54, 1.807) is 6.07 Å². The molecule has 0 spiro atoms. The zero-order valence-electron chi connectivity index (χ0n) is 10.8. The Hall–Kier alpha value is -0.840. The van der Waals surface area contributed by atoms with E-state index in [1.807, 2.05) is 6.92 Å². The van der Waals surface area contributed by atoms with Crippen LogP contribution in [0.15, 0.2) is 6.07 Å². The molecule has 0 aliphatic heterocycles. The lowest BCUT2D eigenvalue weighted by atomic mass is 10.2. The average Bonchev–Trinajstić information content (AvgIpc) is 2.84. The van der Waals surface area contributed by atoms with Crippen molar-refractivity contribution >= 4 is 34.8 Å². The smallest absolute Gasteiger partial charge is 0.238 e. The molecule has 2 rings (SSSR count). The van der Waals surface area contributed by atoms with Crippen molar-refractivity contribution in [3.63, 3.8) is 0 Å². The Bertz CT molecular complexity index is 450. The number of carbonyl (C=O) groups is 1. The van der Waals surface area contributed by atoms with Crippen LogP contribution in [0.4, 0.5) is 5.69 Å². The second kappa shape index (κ2) is 6.55. The number of rotatable bonds is 4. The van der Waals surface area contributed by atoms with Gasteiger partial charge in [0, 0.05) is 6.04 Å². The summed E-state index contributed by atoms with van der Waals surface area (Å²) in [5.41, 5.74) is 1.34. The van der Waals surface area contributed by atoms with Crippen LogP contribution in [0, 0.1) is 6.92 Å². The zero-order chi connectivity index (χ0) is 13.8. The van der Waals surface area contributed by atoms with E-state index in [1.165, 1.54) is 12.8 Å². The van der Waals surface area contributed by atoms with Gasteiger partial charge in [-0.1, -0.05) is 36.0 Å². The summed E-state index contributed by atoms with van der Waals surface area (Å²) in [5, 5.41) is 6.57. The number of nitrogens with one attached hydrogen (secondary N) is 2. The van der Waals surface area contributed by atoms with Gasteiger partial charge in [-0.25, -0.2) is 4.98 Å². The predicted octanol–water partition coefficient (Wildman–Crippen LogP) is 3.17. The van der Waals surface area contributed by atoms with Crippen molar-refractivity contribution in [2.24, 2.45) is 0 Å². The summed E-state index contributed by atoms with van der Waals surface area (Å²) >= 11 is 11.8. The Morgan fingerprint density at radius 3 is 2.74 bits per heavy atom. The van der Waals surface area contributed by atoms with E-state index in [4.69, 9.17) is 23.2 Å². The molecule has 0 aromatic carbocycles. The predicted molar refractivity (Wildman–Crippen MR) is 77.9 cm³/mol. The van der Waals surface area contributed by atoms with Crippen LogP contribution in [-0.4, -0.2) is 23.5 Å². The van der Waals surface area contributed by atoms with Crippen molar-refractivity contribution in [1.29, 1.82) is 0 Å². The van der Waals surface area contributed by atoms with Crippen molar-refractivity contribution in [1.82, 2.24) is 10.3 Å². The highest BCUT2D eigenvalue weighted by Gasteiger charge is 2.16. The third kappa shape index (κ3) is 4.06. The topological polar surface area (TPSA) is 54.0 Å². The number of anilines is 1. The van der Waals surface area contributed by atoms with Crippen LogP contribution in [0.2, 0.25) is 10.3 Å². The number of aromatic nitrogens is 1. The average molecular weight is 302 g/mol. The molecule has 0 bridgehead atoms. The van der Waals surface area contributed by atoms with Crippen molar-refractivity contribution in [2.75, 3.05) is 11.9 Å². The molecule has 0 saturated heterocycles. The molecule has 1 fully saturated rings. The minimum Gasteiger partial charge on any atom is -0.322 e. The Balaban J connectivity index is 1.91. The van der Waals surface area contributed by atoms with Gasteiger partial charge in [-0.3, -0.25) is 4.79 Å². The first-order valence-corrected chi connectivity index (χ1v) is 7.17. The van der Waals surface area contributed by atoms with Crippen LogP contribution >= 0.6 is 23.2 Å². The molecule has 6 heteroatoms. The fourth-order valence-corrected chi connectivity index (χ4v) is 2.87. The Labute approximate surface area is 122 Å². The monoisotopic (exact) mass is 301 g/mol. The molecule has 1 amide bonds. The molecule has 1 aliphatic rings. The second-order valence-electron chi connectivity index (χ2n) is 4.84. The SMILES string of the molecule is Cc1cc(Cl)nc(Cl)c1NC(=O)CNC1CCCC1. The van der Waals surface area contributed by atoms with Gasteiger partial charge < -0.3 is 10.6 Å². The highest BCUT2D eigenvalue weighted by atomic mass is 35.5. The van der Waals surface area contributed by atoms with Gasteiger partial charge in [0.25, 0.3) is 0 Å². The van der Waals surface area contributed by atoms with Crippen molar-refractivity contribution < 1.29 is 4.79 Å². The van der Waals surface area contributed by atoms with Gasteiger partial charge >= 0.3 is 0 Å². The van der Waals surface area contributed by atoms with Crippen LogP contribution in [0.3, 0.4) is 0 Å². The summed E-state index contributed by atoms with van der Waals surface area (Å²) in [5.74, 6) is -0.110. The highest BCUT2D eigenvalue weighted by molar-refractivity contribution is 6.34. The number of aryl methyl sites for hydroxylation is 1. The minimum absolute atomic E-state index is 0.110. The zero-order valence-corrected chi connectivity index (χ0v) is 12.3. The molecule has 0 unspecified atom stereocenters. The lowest BCUT2D eigenvalue weighted by molar-refractivity contribution is -0.115. The molecular weight excluding hydrogens is 285 g/mol. The molecule has 1 aromatic rings. The van der Waals surface area contributed by atoms with Gasteiger partial charge in [0.1, 0.15) is 5.15 Å². The molecule has 4 nitrogen and oxygen atoms in total. The third-order valence-corrected chi connectivity index (χ3v) is 3.78. The number of carbonyl (C=O) groups excluding carboxylic acids is 1. The van der Waals surface area contributed by atoms with Gasteiger partial charge in [-0.15, -0.1) is 0 Å². The maximum atomic E-state index is 11.9. The van der Waals surface area contributed by atoms with E-state index in [-0.39, 0.29) is 11.1 Å². The van der Waals surface area contributed by atoms with Crippen LogP contribution < -0.4 is 10.6 Å². The van der Waals surface area contributed by atoms with Crippen LogP contribution in [0.1, 0.15) is 31.2 Å². The van der Waals surface area contributed by atoms with E-state index in [0.717, 1.165) is 18.4 Å². The minimum atomic E-state index is -0.110. The van der Waals surface area contributed by atoms with E-state index in [9.17, 15) is 4.79 Å². The Morgan fingerprint density at radius 1 is 1.42 bits per heavy atom. The lowest BCUT2D eigenvalue weighted by Crippen LogP contribution is -2.34. The molecule has 2 N–H and O–H groups in total. The largest absolute Gasteiger partial charge is 0.322 e. The summed E-state index contributed by atoms with van der Waals surface area (Å²) in [6, 6.07) is 2.14. The first-order valence-electron chi connectivity index (χ1n) is 6.42. The maximum Gasteiger partial charge on any atom is 0.238 e. The van der Waals surface area contributed by atoms with Gasteiger partial charge in [-0.2, -0.15) is 0 Å². The molecule has 19 heavy (non-hydrogen) atoms. The van der Waals surface area contributed by atoms with E-state index < -0.39 is 0 Å². The standard InChI is InChI=1S/C13H17Cl2N3O/c1-8-6-10(14)17-13(15)12(8)18-11(19)7-16-9-4-2-3-5-9/h6,9,16H,2-5,7H2,1H3,(H,18,19). The molecule has 1 aromatic heterocycles.